The first kappa shape index (κ1) is 13.8. The van der Waals surface area contributed by atoms with Crippen LogP contribution in [0.1, 0.15) is 28.7 Å². The second-order valence-corrected chi connectivity index (χ2v) is 4.97. The molecule has 0 saturated heterocycles. The molecule has 0 saturated carbocycles. The van der Waals surface area contributed by atoms with Crippen molar-refractivity contribution in [2.75, 3.05) is 6.61 Å². The summed E-state index contributed by atoms with van der Waals surface area (Å²) in [4.78, 5) is 15.9. The SMILES string of the molecule is CCOC(=O)c1oc(-c2ccc(Br)c(C)c2)nc1C. The molecule has 0 N–H and O–H groups in total. The Morgan fingerprint density at radius 3 is 2.79 bits per heavy atom. The van der Waals surface area contributed by atoms with Gasteiger partial charge in [0, 0.05) is 10.0 Å². The monoisotopic (exact) mass is 323 g/mol. The zero-order valence-electron chi connectivity index (χ0n) is 11.0. The average Bonchev–Trinajstić information content (AvgIpc) is 2.75. The largest absolute Gasteiger partial charge is 0.460 e. The number of carbonyl (C=O) groups excluding carboxylic acids is 1. The molecule has 2 rings (SSSR count). The Balaban J connectivity index is 2.38. The van der Waals surface area contributed by atoms with E-state index in [0.29, 0.717) is 18.2 Å². The topological polar surface area (TPSA) is 52.3 Å². The smallest absolute Gasteiger partial charge is 0.376 e. The van der Waals surface area contributed by atoms with Gasteiger partial charge in [-0.15, -0.1) is 0 Å². The van der Waals surface area contributed by atoms with Crippen molar-refractivity contribution in [3.05, 3.63) is 39.7 Å². The Hall–Kier alpha value is -1.62. The molecule has 0 spiro atoms. The second-order valence-electron chi connectivity index (χ2n) is 4.12. The van der Waals surface area contributed by atoms with Gasteiger partial charge in [-0.2, -0.15) is 0 Å². The zero-order chi connectivity index (χ0) is 14.0. The number of halogens is 1. The van der Waals surface area contributed by atoms with Crippen molar-refractivity contribution in [3.63, 3.8) is 0 Å². The van der Waals surface area contributed by atoms with Crippen molar-refractivity contribution in [1.82, 2.24) is 4.98 Å². The number of esters is 1. The van der Waals surface area contributed by atoms with E-state index in [0.717, 1.165) is 15.6 Å². The maximum Gasteiger partial charge on any atom is 0.376 e. The number of nitrogens with zero attached hydrogens (tertiary/aromatic N) is 1. The highest BCUT2D eigenvalue weighted by molar-refractivity contribution is 9.10. The van der Waals surface area contributed by atoms with Crippen molar-refractivity contribution in [2.45, 2.75) is 20.8 Å². The molecule has 5 heteroatoms. The highest BCUT2D eigenvalue weighted by atomic mass is 79.9. The molecule has 0 aliphatic heterocycles. The van der Waals surface area contributed by atoms with Crippen LogP contribution < -0.4 is 0 Å². The quantitative estimate of drug-likeness (QED) is 0.804. The van der Waals surface area contributed by atoms with Crippen molar-refractivity contribution in [2.24, 2.45) is 0 Å². The average molecular weight is 324 g/mol. The Bertz CT molecular complexity index is 619. The van der Waals surface area contributed by atoms with E-state index >= 15 is 0 Å². The molecule has 100 valence electrons. The van der Waals surface area contributed by atoms with Crippen LogP contribution in [0.25, 0.3) is 11.5 Å². The number of benzene rings is 1. The van der Waals surface area contributed by atoms with Crippen LogP contribution in [0, 0.1) is 13.8 Å². The van der Waals surface area contributed by atoms with Gasteiger partial charge in [-0.25, -0.2) is 9.78 Å². The van der Waals surface area contributed by atoms with Gasteiger partial charge in [-0.3, -0.25) is 0 Å². The van der Waals surface area contributed by atoms with E-state index in [-0.39, 0.29) is 5.76 Å². The van der Waals surface area contributed by atoms with Gasteiger partial charge in [0.1, 0.15) is 0 Å². The summed E-state index contributed by atoms with van der Waals surface area (Å²) in [5.41, 5.74) is 2.44. The molecule has 0 aliphatic carbocycles. The molecule has 0 unspecified atom stereocenters. The summed E-state index contributed by atoms with van der Waals surface area (Å²) in [6.45, 7) is 5.77. The molecule has 0 bridgehead atoms. The lowest BCUT2D eigenvalue weighted by atomic mass is 10.1. The number of ether oxygens (including phenoxy) is 1. The number of aromatic nitrogens is 1. The molecule has 4 nitrogen and oxygen atoms in total. The summed E-state index contributed by atoms with van der Waals surface area (Å²) in [5.74, 6) is 0.112. The maximum absolute atomic E-state index is 11.7. The Morgan fingerprint density at radius 2 is 2.16 bits per heavy atom. The molecule has 0 fully saturated rings. The molecule has 0 aliphatic rings. The van der Waals surface area contributed by atoms with E-state index in [2.05, 4.69) is 20.9 Å². The van der Waals surface area contributed by atoms with Crippen LogP contribution in [-0.2, 0) is 4.74 Å². The number of carbonyl (C=O) groups is 1. The normalized spacial score (nSPS) is 10.5. The maximum atomic E-state index is 11.7. The predicted molar refractivity (Wildman–Crippen MR) is 75.1 cm³/mol. The van der Waals surface area contributed by atoms with Crippen molar-refractivity contribution in [1.29, 1.82) is 0 Å². The third-order valence-corrected chi connectivity index (χ3v) is 3.55. The molecule has 1 heterocycles. The van der Waals surface area contributed by atoms with Gasteiger partial charge >= 0.3 is 5.97 Å². The van der Waals surface area contributed by atoms with Gasteiger partial charge in [0.2, 0.25) is 11.7 Å². The number of rotatable bonds is 3. The first-order chi connectivity index (χ1) is 9.02. The summed E-state index contributed by atoms with van der Waals surface area (Å²) >= 11 is 3.44. The molecule has 0 radical (unpaired) electrons. The summed E-state index contributed by atoms with van der Waals surface area (Å²) in [5, 5.41) is 0. The molecular weight excluding hydrogens is 310 g/mol. The van der Waals surface area contributed by atoms with Crippen LogP contribution in [0.4, 0.5) is 0 Å². The molecule has 19 heavy (non-hydrogen) atoms. The minimum absolute atomic E-state index is 0.164. The van der Waals surface area contributed by atoms with Gasteiger partial charge in [0.15, 0.2) is 0 Å². The molecule has 0 amide bonds. The van der Waals surface area contributed by atoms with Crippen LogP contribution in [0.2, 0.25) is 0 Å². The molecule has 2 aromatic rings. The van der Waals surface area contributed by atoms with Crippen molar-refractivity contribution >= 4 is 21.9 Å². The number of hydrogen-bond acceptors (Lipinski definition) is 4. The summed E-state index contributed by atoms with van der Waals surface area (Å²) in [6.07, 6.45) is 0. The number of hydrogen-bond donors (Lipinski definition) is 0. The van der Waals surface area contributed by atoms with Gasteiger partial charge in [0.25, 0.3) is 0 Å². The highest BCUT2D eigenvalue weighted by Crippen LogP contribution is 2.26. The van der Waals surface area contributed by atoms with Crippen LogP contribution in [0.15, 0.2) is 27.1 Å². The van der Waals surface area contributed by atoms with E-state index in [1.165, 1.54) is 0 Å². The molecule has 0 atom stereocenters. The minimum Gasteiger partial charge on any atom is -0.460 e. The van der Waals surface area contributed by atoms with E-state index in [1.54, 1.807) is 13.8 Å². The van der Waals surface area contributed by atoms with Crippen LogP contribution >= 0.6 is 15.9 Å². The molecule has 1 aromatic carbocycles. The second kappa shape index (κ2) is 5.57. The number of aryl methyl sites for hydroxylation is 2. The lowest BCUT2D eigenvalue weighted by molar-refractivity contribution is 0.0490. The lowest BCUT2D eigenvalue weighted by Gasteiger charge is -2.00. The molecular formula is C14H14BrNO3. The first-order valence-corrected chi connectivity index (χ1v) is 6.73. The van der Waals surface area contributed by atoms with E-state index in [9.17, 15) is 4.79 Å². The van der Waals surface area contributed by atoms with E-state index in [4.69, 9.17) is 9.15 Å². The Morgan fingerprint density at radius 1 is 1.42 bits per heavy atom. The zero-order valence-corrected chi connectivity index (χ0v) is 12.6. The summed E-state index contributed by atoms with van der Waals surface area (Å²) < 4.78 is 11.4. The van der Waals surface area contributed by atoms with Gasteiger partial charge in [0.05, 0.1) is 12.3 Å². The minimum atomic E-state index is -0.479. The fourth-order valence-corrected chi connectivity index (χ4v) is 1.93. The fraction of sp³-hybridized carbons (Fsp3) is 0.286. The third-order valence-electron chi connectivity index (χ3n) is 2.66. The van der Waals surface area contributed by atoms with Crippen LogP contribution in [-0.4, -0.2) is 17.6 Å². The fourth-order valence-electron chi connectivity index (χ4n) is 1.68. The van der Waals surface area contributed by atoms with Gasteiger partial charge < -0.3 is 9.15 Å². The third kappa shape index (κ3) is 2.87. The van der Waals surface area contributed by atoms with E-state index in [1.807, 2.05) is 25.1 Å². The predicted octanol–water partition coefficient (Wildman–Crippen LogP) is 3.90. The Kier molecular flexibility index (Phi) is 4.04. The van der Waals surface area contributed by atoms with Crippen LogP contribution in [0.3, 0.4) is 0 Å². The standard InChI is InChI=1S/C14H14BrNO3/c1-4-18-14(17)12-9(3)16-13(19-12)10-5-6-11(15)8(2)7-10/h5-7H,4H2,1-3H3. The lowest BCUT2D eigenvalue weighted by Crippen LogP contribution is -2.04. The summed E-state index contributed by atoms with van der Waals surface area (Å²) in [7, 11) is 0. The number of oxazole rings is 1. The van der Waals surface area contributed by atoms with Gasteiger partial charge in [-0.05, 0) is 44.5 Å². The summed E-state index contributed by atoms with van der Waals surface area (Å²) in [6, 6.07) is 5.76. The van der Waals surface area contributed by atoms with Crippen molar-refractivity contribution < 1.29 is 13.9 Å². The highest BCUT2D eigenvalue weighted by Gasteiger charge is 2.19. The molecule has 1 aromatic heterocycles. The van der Waals surface area contributed by atoms with E-state index < -0.39 is 5.97 Å². The van der Waals surface area contributed by atoms with Crippen LogP contribution in [0.5, 0.6) is 0 Å². The first-order valence-electron chi connectivity index (χ1n) is 5.94. The Labute approximate surface area is 119 Å². The van der Waals surface area contributed by atoms with Crippen molar-refractivity contribution in [3.8, 4) is 11.5 Å². The van der Waals surface area contributed by atoms with Gasteiger partial charge in [-0.1, -0.05) is 15.9 Å².